The first-order valence-electron chi connectivity index (χ1n) is 6.83. The van der Waals surface area contributed by atoms with Gasteiger partial charge in [0.15, 0.2) is 0 Å². The zero-order valence-electron chi connectivity index (χ0n) is 12.1. The van der Waals surface area contributed by atoms with Gasteiger partial charge in [-0.05, 0) is 24.1 Å². The van der Waals surface area contributed by atoms with Crippen LogP contribution in [0.4, 0.5) is 11.4 Å². The van der Waals surface area contributed by atoms with Gasteiger partial charge < -0.3 is 9.84 Å². The minimum atomic E-state index is -0.547. The molecule has 0 aromatic heterocycles. The highest BCUT2D eigenvalue weighted by Crippen LogP contribution is 2.27. The van der Waals surface area contributed by atoms with Crippen LogP contribution in [0.1, 0.15) is 18.9 Å². The monoisotopic (exact) mass is 299 g/mol. The highest BCUT2D eigenvalue weighted by atomic mass is 16.6. The summed E-state index contributed by atoms with van der Waals surface area (Å²) in [5.41, 5.74) is 0.595. The average molecular weight is 299 g/mol. The van der Waals surface area contributed by atoms with Gasteiger partial charge >= 0.3 is 0 Å². The van der Waals surface area contributed by atoms with E-state index in [9.17, 15) is 15.2 Å². The molecule has 0 heterocycles. The molecule has 0 unspecified atom stereocenters. The van der Waals surface area contributed by atoms with Crippen LogP contribution in [0.3, 0.4) is 0 Å². The fourth-order valence-corrected chi connectivity index (χ4v) is 1.79. The third-order valence-electron chi connectivity index (χ3n) is 2.87. The van der Waals surface area contributed by atoms with Crippen LogP contribution in [0.15, 0.2) is 47.5 Å². The van der Waals surface area contributed by atoms with E-state index >= 15 is 0 Å². The number of benzene rings is 2. The molecule has 6 heteroatoms. The second-order valence-electron chi connectivity index (χ2n) is 4.55. The van der Waals surface area contributed by atoms with Crippen molar-refractivity contribution in [1.82, 2.24) is 0 Å². The normalized spacial score (nSPS) is 10.8. The molecule has 0 atom stereocenters. The van der Waals surface area contributed by atoms with Crippen molar-refractivity contribution in [2.24, 2.45) is 4.99 Å². The van der Waals surface area contributed by atoms with E-state index in [1.807, 2.05) is 13.0 Å². The lowest BCUT2D eigenvalue weighted by Gasteiger charge is -2.10. The molecule has 2 aromatic carbocycles. The van der Waals surface area contributed by atoms with Gasteiger partial charge in [-0.25, -0.2) is 0 Å². The van der Waals surface area contributed by atoms with Crippen molar-refractivity contribution in [2.45, 2.75) is 13.3 Å². The molecule has 22 heavy (non-hydrogen) atoms. The smallest absolute Gasteiger partial charge is 0.270 e. The fourth-order valence-electron chi connectivity index (χ4n) is 1.79. The van der Waals surface area contributed by atoms with Crippen LogP contribution in [0.5, 0.6) is 11.5 Å². The number of rotatable bonds is 6. The van der Waals surface area contributed by atoms with Gasteiger partial charge in [0, 0.05) is 18.3 Å². The molecule has 114 valence electrons. The van der Waals surface area contributed by atoms with Crippen molar-refractivity contribution >= 4 is 17.6 Å². The Kier molecular flexibility index (Phi) is 5.08. The van der Waals surface area contributed by atoms with E-state index in [0.717, 1.165) is 6.42 Å². The van der Waals surface area contributed by atoms with Gasteiger partial charge in [-0.3, -0.25) is 15.1 Å². The molecule has 2 aromatic rings. The number of hydrogen-bond acceptors (Lipinski definition) is 5. The number of para-hydroxylation sites is 2. The number of nitro benzene ring substituents is 1. The van der Waals surface area contributed by atoms with Crippen LogP contribution in [-0.4, -0.2) is 17.7 Å². The van der Waals surface area contributed by atoms with Crippen molar-refractivity contribution in [2.75, 3.05) is 6.61 Å². The topological polar surface area (TPSA) is 87.8 Å². The van der Waals surface area contributed by atoms with E-state index in [1.165, 1.54) is 24.4 Å². The highest BCUT2D eigenvalue weighted by molar-refractivity contribution is 5.86. The maximum absolute atomic E-state index is 11.7. The summed E-state index contributed by atoms with van der Waals surface area (Å²) >= 11 is 0. The Morgan fingerprint density at radius 2 is 2.05 bits per heavy atom. The van der Waals surface area contributed by atoms with E-state index in [4.69, 9.17) is 4.74 Å². The summed E-state index contributed by atoms with van der Waals surface area (Å²) in [7, 11) is 0. The van der Waals surface area contributed by atoms with E-state index in [-0.39, 0.29) is 17.0 Å². The highest BCUT2D eigenvalue weighted by Gasteiger charge is 2.06. The Morgan fingerprint density at radius 3 is 2.77 bits per heavy atom. The molecule has 0 saturated carbocycles. The number of nitrogens with zero attached hydrogens (tertiary/aromatic N) is 2. The number of non-ortho nitro benzene ring substituents is 1. The molecule has 0 N–H and O–H groups in total. The van der Waals surface area contributed by atoms with Crippen LogP contribution in [0.2, 0.25) is 0 Å². The molecular formula is C16H15N2O4-. The number of hydrogen-bond donors (Lipinski definition) is 0. The lowest BCUT2D eigenvalue weighted by molar-refractivity contribution is -0.385. The Labute approximate surface area is 127 Å². The quantitative estimate of drug-likeness (QED) is 0.465. The van der Waals surface area contributed by atoms with Gasteiger partial charge in [-0.15, -0.1) is 0 Å². The zero-order valence-corrected chi connectivity index (χ0v) is 12.1. The lowest BCUT2D eigenvalue weighted by atomic mass is 10.2. The predicted octanol–water partition coefficient (Wildman–Crippen LogP) is 3.21. The Hall–Kier alpha value is -2.89. The molecule has 0 amide bonds. The zero-order chi connectivity index (χ0) is 15.9. The van der Waals surface area contributed by atoms with Gasteiger partial charge in [0.1, 0.15) is 11.4 Å². The van der Waals surface area contributed by atoms with E-state index in [0.29, 0.717) is 18.0 Å². The maximum Gasteiger partial charge on any atom is 0.270 e. The second-order valence-corrected chi connectivity index (χ2v) is 4.55. The first kappa shape index (κ1) is 15.5. The van der Waals surface area contributed by atoms with E-state index < -0.39 is 4.92 Å². The van der Waals surface area contributed by atoms with E-state index in [1.54, 1.807) is 18.2 Å². The van der Waals surface area contributed by atoms with Crippen molar-refractivity contribution in [3.8, 4) is 11.5 Å². The summed E-state index contributed by atoms with van der Waals surface area (Å²) in [5.74, 6) is 0.291. The van der Waals surface area contributed by atoms with Crippen molar-refractivity contribution in [3.63, 3.8) is 0 Å². The minimum Gasteiger partial charge on any atom is -0.872 e. The number of ether oxygens (including phenoxy) is 1. The van der Waals surface area contributed by atoms with Gasteiger partial charge in [-0.2, -0.15) is 0 Å². The molecule has 0 radical (unpaired) electrons. The van der Waals surface area contributed by atoms with Crippen LogP contribution in [-0.2, 0) is 0 Å². The largest absolute Gasteiger partial charge is 0.872 e. The van der Waals surface area contributed by atoms with Crippen LogP contribution in [0, 0.1) is 10.1 Å². The maximum atomic E-state index is 11.7. The molecule has 0 saturated heterocycles. The summed E-state index contributed by atoms with van der Waals surface area (Å²) in [6, 6.07) is 10.7. The summed E-state index contributed by atoms with van der Waals surface area (Å²) in [5, 5.41) is 22.5. The molecule has 0 spiro atoms. The minimum absolute atomic E-state index is 0.142. The first-order valence-corrected chi connectivity index (χ1v) is 6.83. The molecule has 0 fully saturated rings. The van der Waals surface area contributed by atoms with Gasteiger partial charge in [0.05, 0.1) is 11.5 Å². The van der Waals surface area contributed by atoms with Crippen molar-refractivity contribution < 1.29 is 14.8 Å². The van der Waals surface area contributed by atoms with Crippen molar-refractivity contribution in [3.05, 3.63) is 58.1 Å². The predicted molar refractivity (Wildman–Crippen MR) is 82.0 cm³/mol. The molecule has 6 nitrogen and oxygen atoms in total. The van der Waals surface area contributed by atoms with Crippen LogP contribution >= 0.6 is 0 Å². The molecule has 0 aliphatic carbocycles. The van der Waals surface area contributed by atoms with Gasteiger partial charge in [0.2, 0.25) is 0 Å². The van der Waals surface area contributed by atoms with Crippen LogP contribution < -0.4 is 9.84 Å². The Bertz CT molecular complexity index is 698. The lowest BCUT2D eigenvalue weighted by Crippen LogP contribution is -1.98. The first-order chi connectivity index (χ1) is 10.6. The average Bonchev–Trinajstić information content (AvgIpc) is 2.52. The van der Waals surface area contributed by atoms with Crippen molar-refractivity contribution in [1.29, 1.82) is 0 Å². The molecule has 0 bridgehead atoms. The molecule has 0 aliphatic heterocycles. The fraction of sp³-hybridized carbons (Fsp3) is 0.188. The van der Waals surface area contributed by atoms with Gasteiger partial charge in [-0.1, -0.05) is 30.9 Å². The van der Waals surface area contributed by atoms with E-state index in [2.05, 4.69) is 4.99 Å². The Balaban J connectivity index is 2.29. The third kappa shape index (κ3) is 3.82. The van der Waals surface area contributed by atoms with Crippen LogP contribution in [0.25, 0.3) is 0 Å². The summed E-state index contributed by atoms with van der Waals surface area (Å²) in [6.45, 7) is 2.56. The summed E-state index contributed by atoms with van der Waals surface area (Å²) < 4.78 is 5.57. The molecular weight excluding hydrogens is 284 g/mol. The summed E-state index contributed by atoms with van der Waals surface area (Å²) in [4.78, 5) is 14.4. The SMILES string of the molecule is CCCOc1ccccc1N=Cc1cc([N+](=O)[O-])ccc1[O-]. The number of aliphatic imine (C=N–C) groups is 1. The molecule has 2 rings (SSSR count). The Morgan fingerprint density at radius 1 is 1.27 bits per heavy atom. The number of nitro groups is 1. The summed E-state index contributed by atoms with van der Waals surface area (Å²) in [6.07, 6.45) is 2.19. The second kappa shape index (κ2) is 7.21. The van der Waals surface area contributed by atoms with Gasteiger partial charge in [0.25, 0.3) is 5.69 Å². The standard InChI is InChI=1S/C16H16N2O4/c1-2-9-22-16-6-4-3-5-14(16)17-11-12-10-13(18(20)21)7-8-15(12)19/h3-8,10-11,19H,2,9H2,1H3/p-1. The molecule has 0 aliphatic rings. The third-order valence-corrected chi connectivity index (χ3v) is 2.87.